The zero-order chi connectivity index (χ0) is 19.3. The van der Waals surface area contributed by atoms with E-state index in [4.69, 9.17) is 27.9 Å². The second-order valence-corrected chi connectivity index (χ2v) is 8.02. The summed E-state index contributed by atoms with van der Waals surface area (Å²) < 4.78 is 28.0. The number of carbonyl (C=O) groups is 2. The Morgan fingerprint density at radius 3 is 2.31 bits per heavy atom. The molecule has 0 atom stereocenters. The van der Waals surface area contributed by atoms with Gasteiger partial charge in [-0.25, -0.2) is 8.42 Å². The van der Waals surface area contributed by atoms with Gasteiger partial charge in [-0.3, -0.25) is 20.4 Å². The molecule has 0 spiro atoms. The molecule has 0 heterocycles. The summed E-state index contributed by atoms with van der Waals surface area (Å²) in [5, 5.41) is 0.688. The highest BCUT2D eigenvalue weighted by Gasteiger charge is 2.11. The molecule has 26 heavy (non-hydrogen) atoms. The Hall–Kier alpha value is -2.29. The van der Waals surface area contributed by atoms with Gasteiger partial charge < -0.3 is 4.74 Å². The molecular formula is C16H14Cl2N2O5S. The number of hydrazine groups is 1. The molecule has 2 rings (SSSR count). The molecular weight excluding hydrogens is 403 g/mol. The molecule has 2 N–H and O–H groups in total. The van der Waals surface area contributed by atoms with Crippen molar-refractivity contribution in [3.63, 3.8) is 0 Å². The van der Waals surface area contributed by atoms with Crippen LogP contribution in [0.2, 0.25) is 10.0 Å². The van der Waals surface area contributed by atoms with E-state index in [1.165, 1.54) is 36.4 Å². The van der Waals surface area contributed by atoms with Gasteiger partial charge in [0.1, 0.15) is 5.75 Å². The highest BCUT2D eigenvalue weighted by Crippen LogP contribution is 2.27. The molecule has 0 aliphatic carbocycles. The predicted molar refractivity (Wildman–Crippen MR) is 97.1 cm³/mol. The summed E-state index contributed by atoms with van der Waals surface area (Å²) in [4.78, 5) is 23.7. The third-order valence-corrected chi connectivity index (χ3v) is 4.79. The molecule has 2 aromatic carbocycles. The summed E-state index contributed by atoms with van der Waals surface area (Å²) in [5.74, 6) is -1.00. The number of sulfone groups is 1. The van der Waals surface area contributed by atoms with Crippen LogP contribution in [0.15, 0.2) is 47.4 Å². The van der Waals surface area contributed by atoms with Gasteiger partial charge in [-0.15, -0.1) is 0 Å². The van der Waals surface area contributed by atoms with Gasteiger partial charge in [0.05, 0.1) is 9.92 Å². The van der Waals surface area contributed by atoms with Crippen LogP contribution >= 0.6 is 23.2 Å². The highest BCUT2D eigenvalue weighted by atomic mass is 35.5. The lowest BCUT2D eigenvalue weighted by Crippen LogP contribution is -2.43. The summed E-state index contributed by atoms with van der Waals surface area (Å²) in [6.07, 6.45) is 1.06. The normalized spacial score (nSPS) is 10.9. The van der Waals surface area contributed by atoms with E-state index in [1.807, 2.05) is 0 Å². The van der Waals surface area contributed by atoms with E-state index in [-0.39, 0.29) is 21.2 Å². The van der Waals surface area contributed by atoms with Crippen LogP contribution in [0.5, 0.6) is 5.75 Å². The zero-order valence-corrected chi connectivity index (χ0v) is 15.8. The minimum Gasteiger partial charge on any atom is -0.482 e. The Morgan fingerprint density at radius 2 is 1.69 bits per heavy atom. The van der Waals surface area contributed by atoms with E-state index in [0.717, 1.165) is 6.26 Å². The van der Waals surface area contributed by atoms with Gasteiger partial charge in [0.15, 0.2) is 16.4 Å². The molecule has 0 bridgehead atoms. The van der Waals surface area contributed by atoms with Crippen LogP contribution in [0.1, 0.15) is 10.4 Å². The van der Waals surface area contributed by atoms with E-state index in [9.17, 15) is 18.0 Å². The average molecular weight is 417 g/mol. The fraction of sp³-hybridized carbons (Fsp3) is 0.125. The van der Waals surface area contributed by atoms with Crippen molar-refractivity contribution >= 4 is 44.9 Å². The fourth-order valence-electron chi connectivity index (χ4n) is 1.82. The minimum atomic E-state index is -3.35. The van der Waals surface area contributed by atoms with Crippen molar-refractivity contribution in [1.82, 2.24) is 10.9 Å². The molecule has 0 aliphatic heterocycles. The van der Waals surface area contributed by atoms with Gasteiger partial charge in [-0.05, 0) is 36.4 Å². The predicted octanol–water partition coefficient (Wildman–Crippen LogP) is 2.24. The van der Waals surface area contributed by atoms with Gasteiger partial charge in [0.25, 0.3) is 11.8 Å². The number of benzene rings is 2. The first kappa shape index (κ1) is 20.0. The van der Waals surface area contributed by atoms with Crippen molar-refractivity contribution in [3.05, 3.63) is 58.1 Å². The molecule has 2 aromatic rings. The van der Waals surface area contributed by atoms with Gasteiger partial charge >= 0.3 is 0 Å². The molecule has 0 saturated carbocycles. The summed E-state index contributed by atoms with van der Waals surface area (Å²) in [6, 6.07) is 9.83. The summed E-state index contributed by atoms with van der Waals surface area (Å²) in [5.41, 5.74) is 4.54. The molecule has 0 saturated heterocycles. The largest absolute Gasteiger partial charge is 0.482 e. The van der Waals surface area contributed by atoms with E-state index in [1.54, 1.807) is 6.07 Å². The topological polar surface area (TPSA) is 102 Å². The maximum atomic E-state index is 11.9. The van der Waals surface area contributed by atoms with E-state index in [2.05, 4.69) is 10.9 Å². The van der Waals surface area contributed by atoms with Crippen molar-refractivity contribution in [2.75, 3.05) is 12.9 Å². The van der Waals surface area contributed by atoms with Crippen LogP contribution in [-0.2, 0) is 14.6 Å². The first-order valence-corrected chi connectivity index (χ1v) is 9.79. The second kappa shape index (κ2) is 8.39. The lowest BCUT2D eigenvalue weighted by atomic mass is 10.2. The summed E-state index contributed by atoms with van der Waals surface area (Å²) in [6.45, 7) is -0.395. The van der Waals surface area contributed by atoms with Crippen LogP contribution in [0, 0.1) is 0 Å². The summed E-state index contributed by atoms with van der Waals surface area (Å²) >= 11 is 11.7. The van der Waals surface area contributed by atoms with Crippen LogP contribution in [0.4, 0.5) is 0 Å². The van der Waals surface area contributed by atoms with Crippen LogP contribution in [-0.4, -0.2) is 33.1 Å². The quantitative estimate of drug-likeness (QED) is 0.727. The molecule has 0 unspecified atom stereocenters. The van der Waals surface area contributed by atoms with E-state index in [0.29, 0.717) is 5.02 Å². The number of rotatable bonds is 5. The number of nitrogens with one attached hydrogen (secondary N) is 2. The molecule has 2 amide bonds. The SMILES string of the molecule is CS(=O)(=O)c1ccc(C(=O)NNC(=O)COc2cc(Cl)ccc2Cl)cc1. The third kappa shape index (κ3) is 5.62. The monoisotopic (exact) mass is 416 g/mol. The first-order chi connectivity index (χ1) is 12.2. The number of amides is 2. The minimum absolute atomic E-state index is 0.0879. The second-order valence-electron chi connectivity index (χ2n) is 5.16. The Kier molecular flexibility index (Phi) is 6.47. The van der Waals surface area contributed by atoms with Crippen molar-refractivity contribution in [1.29, 1.82) is 0 Å². The van der Waals surface area contributed by atoms with E-state index < -0.39 is 28.3 Å². The van der Waals surface area contributed by atoms with Crippen molar-refractivity contribution < 1.29 is 22.7 Å². The van der Waals surface area contributed by atoms with Gasteiger partial charge in [-0.2, -0.15) is 0 Å². The average Bonchev–Trinajstić information content (AvgIpc) is 2.59. The number of halogens is 2. The molecule has 0 fully saturated rings. The Balaban J connectivity index is 1.86. The lowest BCUT2D eigenvalue weighted by Gasteiger charge is -2.10. The number of carbonyl (C=O) groups excluding carboxylic acids is 2. The zero-order valence-electron chi connectivity index (χ0n) is 13.5. The Bertz CT molecular complexity index is 930. The standard InChI is InChI=1S/C16H14Cl2N2O5S/c1-26(23,24)12-5-2-10(3-6-12)16(22)20-19-15(21)9-25-14-8-11(17)4-7-13(14)18/h2-8H,9H2,1H3,(H,19,21)(H,20,22). The molecule has 0 radical (unpaired) electrons. The van der Waals surface area contributed by atoms with Crippen molar-refractivity contribution in [3.8, 4) is 5.75 Å². The molecule has 7 nitrogen and oxygen atoms in total. The smallest absolute Gasteiger partial charge is 0.276 e. The summed E-state index contributed by atoms with van der Waals surface area (Å²) in [7, 11) is -3.35. The number of ether oxygens (including phenoxy) is 1. The highest BCUT2D eigenvalue weighted by molar-refractivity contribution is 7.90. The van der Waals surface area contributed by atoms with Gasteiger partial charge in [-0.1, -0.05) is 23.2 Å². The first-order valence-electron chi connectivity index (χ1n) is 7.14. The fourth-order valence-corrected chi connectivity index (χ4v) is 2.78. The molecule has 138 valence electrons. The maximum Gasteiger partial charge on any atom is 0.276 e. The Labute approximate surface area is 160 Å². The van der Waals surface area contributed by atoms with Gasteiger partial charge in [0, 0.05) is 22.9 Å². The van der Waals surface area contributed by atoms with E-state index >= 15 is 0 Å². The van der Waals surface area contributed by atoms with Crippen LogP contribution in [0.3, 0.4) is 0 Å². The van der Waals surface area contributed by atoms with Crippen molar-refractivity contribution in [2.45, 2.75) is 4.90 Å². The number of hydrogen-bond donors (Lipinski definition) is 2. The third-order valence-electron chi connectivity index (χ3n) is 3.11. The molecule has 0 aromatic heterocycles. The van der Waals surface area contributed by atoms with Crippen LogP contribution in [0.25, 0.3) is 0 Å². The maximum absolute atomic E-state index is 11.9. The van der Waals surface area contributed by atoms with Gasteiger partial charge in [0.2, 0.25) is 0 Å². The molecule has 10 heteroatoms. The Morgan fingerprint density at radius 1 is 1.04 bits per heavy atom. The lowest BCUT2D eigenvalue weighted by molar-refractivity contribution is -0.123. The molecule has 0 aliphatic rings. The van der Waals surface area contributed by atoms with Crippen molar-refractivity contribution in [2.24, 2.45) is 0 Å². The number of hydrogen-bond acceptors (Lipinski definition) is 5. The van der Waals surface area contributed by atoms with Crippen LogP contribution < -0.4 is 15.6 Å².